The van der Waals surface area contributed by atoms with Crippen LogP contribution in [0.15, 0.2) is 42.5 Å². The maximum atomic E-state index is 10.5. The van der Waals surface area contributed by atoms with Crippen LogP contribution in [0.25, 0.3) is 0 Å². The fourth-order valence-corrected chi connectivity index (χ4v) is 2.11. The molecule has 0 bridgehead atoms. The molecule has 3 heteroatoms. The van der Waals surface area contributed by atoms with Crippen LogP contribution in [0.5, 0.6) is 11.5 Å². The second-order valence-electron chi connectivity index (χ2n) is 4.37. The number of aliphatic hydroxyl groups excluding tert-OH is 1. The van der Waals surface area contributed by atoms with E-state index in [2.05, 4.69) is 0 Å². The molecule has 0 saturated heterocycles. The van der Waals surface area contributed by atoms with Crippen molar-refractivity contribution in [3.8, 4) is 11.5 Å². The molecular formula is C16H18O3. The molecule has 2 rings (SSSR count). The maximum Gasteiger partial charge on any atom is 0.128 e. The van der Waals surface area contributed by atoms with Gasteiger partial charge in [-0.15, -0.1) is 0 Å². The van der Waals surface area contributed by atoms with Gasteiger partial charge in [0.1, 0.15) is 17.6 Å². The van der Waals surface area contributed by atoms with E-state index in [1.807, 2.05) is 43.3 Å². The van der Waals surface area contributed by atoms with Gasteiger partial charge in [0.25, 0.3) is 0 Å². The maximum absolute atomic E-state index is 10.5. The van der Waals surface area contributed by atoms with Gasteiger partial charge in [0.05, 0.1) is 14.2 Å². The third-order valence-electron chi connectivity index (χ3n) is 3.22. The summed E-state index contributed by atoms with van der Waals surface area (Å²) in [6.07, 6.45) is -0.706. The van der Waals surface area contributed by atoms with E-state index in [9.17, 15) is 5.11 Å². The lowest BCUT2D eigenvalue weighted by molar-refractivity contribution is 0.213. The van der Waals surface area contributed by atoms with E-state index in [0.29, 0.717) is 11.5 Å². The number of rotatable bonds is 4. The zero-order valence-electron chi connectivity index (χ0n) is 11.4. The molecule has 0 spiro atoms. The second kappa shape index (κ2) is 5.76. The standard InChI is InChI=1S/C16H18O3/c1-11-6-4-5-7-13(11)16(17)14-9-8-12(18-2)10-15(14)19-3/h4-10,16-17H,1-3H3/t16-/m0/s1. The highest BCUT2D eigenvalue weighted by atomic mass is 16.5. The number of methoxy groups -OCH3 is 2. The van der Waals surface area contributed by atoms with Crippen molar-refractivity contribution in [3.63, 3.8) is 0 Å². The summed E-state index contributed by atoms with van der Waals surface area (Å²) in [5.41, 5.74) is 2.66. The van der Waals surface area contributed by atoms with E-state index >= 15 is 0 Å². The van der Waals surface area contributed by atoms with Crippen LogP contribution in [0.3, 0.4) is 0 Å². The molecule has 0 saturated carbocycles. The normalized spacial score (nSPS) is 12.0. The van der Waals surface area contributed by atoms with Crippen LogP contribution in [0, 0.1) is 6.92 Å². The van der Waals surface area contributed by atoms with Crippen molar-refractivity contribution in [2.75, 3.05) is 14.2 Å². The van der Waals surface area contributed by atoms with Crippen molar-refractivity contribution in [2.24, 2.45) is 0 Å². The van der Waals surface area contributed by atoms with Crippen LogP contribution < -0.4 is 9.47 Å². The molecule has 0 heterocycles. The lowest BCUT2D eigenvalue weighted by Crippen LogP contribution is -2.04. The van der Waals surface area contributed by atoms with Gasteiger partial charge in [-0.1, -0.05) is 24.3 Å². The highest BCUT2D eigenvalue weighted by Gasteiger charge is 2.17. The Hall–Kier alpha value is -2.00. The minimum atomic E-state index is -0.706. The summed E-state index contributed by atoms with van der Waals surface area (Å²) in [5, 5.41) is 10.5. The van der Waals surface area contributed by atoms with Crippen molar-refractivity contribution < 1.29 is 14.6 Å². The summed E-state index contributed by atoms with van der Waals surface area (Å²) in [6.45, 7) is 1.98. The van der Waals surface area contributed by atoms with Crippen molar-refractivity contribution in [1.29, 1.82) is 0 Å². The van der Waals surface area contributed by atoms with Crippen LogP contribution in [0.2, 0.25) is 0 Å². The van der Waals surface area contributed by atoms with E-state index in [0.717, 1.165) is 16.7 Å². The van der Waals surface area contributed by atoms with Crippen LogP contribution in [0.4, 0.5) is 0 Å². The smallest absolute Gasteiger partial charge is 0.128 e. The summed E-state index contributed by atoms with van der Waals surface area (Å²) >= 11 is 0. The molecule has 1 N–H and O–H groups in total. The molecule has 0 amide bonds. The Labute approximate surface area is 113 Å². The Morgan fingerprint density at radius 1 is 0.947 bits per heavy atom. The number of benzene rings is 2. The molecule has 0 aliphatic rings. The quantitative estimate of drug-likeness (QED) is 0.915. The first-order valence-corrected chi connectivity index (χ1v) is 6.13. The predicted molar refractivity (Wildman–Crippen MR) is 74.8 cm³/mol. The first-order valence-electron chi connectivity index (χ1n) is 6.13. The van der Waals surface area contributed by atoms with Crippen molar-refractivity contribution in [3.05, 3.63) is 59.2 Å². The van der Waals surface area contributed by atoms with Gasteiger partial charge in [0.15, 0.2) is 0 Å². The molecular weight excluding hydrogens is 240 g/mol. The lowest BCUT2D eigenvalue weighted by Gasteiger charge is -2.17. The van der Waals surface area contributed by atoms with Crippen LogP contribution in [0.1, 0.15) is 22.8 Å². The summed E-state index contributed by atoms with van der Waals surface area (Å²) in [6, 6.07) is 13.2. The minimum Gasteiger partial charge on any atom is -0.497 e. The number of hydrogen-bond donors (Lipinski definition) is 1. The van der Waals surface area contributed by atoms with E-state index in [-0.39, 0.29) is 0 Å². The molecule has 2 aromatic rings. The Morgan fingerprint density at radius 2 is 1.68 bits per heavy atom. The molecule has 1 atom stereocenters. The largest absolute Gasteiger partial charge is 0.497 e. The summed E-state index contributed by atoms with van der Waals surface area (Å²) in [4.78, 5) is 0. The zero-order valence-corrected chi connectivity index (χ0v) is 11.4. The Balaban J connectivity index is 2.44. The SMILES string of the molecule is COc1ccc([C@@H](O)c2ccccc2C)c(OC)c1. The zero-order chi connectivity index (χ0) is 13.8. The average molecular weight is 258 g/mol. The second-order valence-corrected chi connectivity index (χ2v) is 4.37. The lowest BCUT2D eigenvalue weighted by atomic mass is 9.97. The Bertz CT molecular complexity index is 564. The van der Waals surface area contributed by atoms with E-state index in [1.165, 1.54) is 0 Å². The third-order valence-corrected chi connectivity index (χ3v) is 3.22. The molecule has 3 nitrogen and oxygen atoms in total. The van der Waals surface area contributed by atoms with Crippen molar-refractivity contribution in [1.82, 2.24) is 0 Å². The van der Waals surface area contributed by atoms with E-state index in [1.54, 1.807) is 20.3 Å². The van der Waals surface area contributed by atoms with Gasteiger partial charge in [-0.25, -0.2) is 0 Å². The van der Waals surface area contributed by atoms with Gasteiger partial charge in [0.2, 0.25) is 0 Å². The highest BCUT2D eigenvalue weighted by Crippen LogP contribution is 2.33. The number of hydrogen-bond acceptors (Lipinski definition) is 3. The number of aliphatic hydroxyl groups is 1. The fraction of sp³-hybridized carbons (Fsp3) is 0.250. The van der Waals surface area contributed by atoms with Crippen molar-refractivity contribution in [2.45, 2.75) is 13.0 Å². The molecule has 19 heavy (non-hydrogen) atoms. The molecule has 0 fully saturated rings. The average Bonchev–Trinajstić information content (AvgIpc) is 2.46. The van der Waals surface area contributed by atoms with Gasteiger partial charge in [0, 0.05) is 11.6 Å². The molecule has 0 radical (unpaired) electrons. The van der Waals surface area contributed by atoms with Gasteiger partial charge in [-0.2, -0.15) is 0 Å². The predicted octanol–water partition coefficient (Wildman–Crippen LogP) is 3.09. The summed E-state index contributed by atoms with van der Waals surface area (Å²) < 4.78 is 10.5. The van der Waals surface area contributed by atoms with Crippen LogP contribution >= 0.6 is 0 Å². The number of aryl methyl sites for hydroxylation is 1. The number of ether oxygens (including phenoxy) is 2. The van der Waals surface area contributed by atoms with E-state index in [4.69, 9.17) is 9.47 Å². The summed E-state index contributed by atoms with van der Waals surface area (Å²) in [5.74, 6) is 1.33. The van der Waals surface area contributed by atoms with Gasteiger partial charge in [-0.05, 0) is 30.2 Å². The van der Waals surface area contributed by atoms with E-state index < -0.39 is 6.10 Å². The molecule has 2 aromatic carbocycles. The Morgan fingerprint density at radius 3 is 2.32 bits per heavy atom. The molecule has 0 aliphatic heterocycles. The molecule has 0 aliphatic carbocycles. The topological polar surface area (TPSA) is 38.7 Å². The third kappa shape index (κ3) is 2.71. The van der Waals surface area contributed by atoms with Gasteiger partial charge >= 0.3 is 0 Å². The van der Waals surface area contributed by atoms with Crippen LogP contribution in [-0.2, 0) is 0 Å². The first kappa shape index (κ1) is 13.4. The van der Waals surface area contributed by atoms with Gasteiger partial charge < -0.3 is 14.6 Å². The summed E-state index contributed by atoms with van der Waals surface area (Å²) in [7, 11) is 3.19. The molecule has 100 valence electrons. The van der Waals surface area contributed by atoms with Gasteiger partial charge in [-0.3, -0.25) is 0 Å². The monoisotopic (exact) mass is 258 g/mol. The first-order chi connectivity index (χ1) is 9.17. The fourth-order valence-electron chi connectivity index (χ4n) is 2.11. The molecule has 0 aromatic heterocycles. The minimum absolute atomic E-state index is 0.620. The van der Waals surface area contributed by atoms with Crippen LogP contribution in [-0.4, -0.2) is 19.3 Å². The highest BCUT2D eigenvalue weighted by molar-refractivity contribution is 5.46. The Kier molecular flexibility index (Phi) is 4.07. The van der Waals surface area contributed by atoms with Crippen molar-refractivity contribution >= 4 is 0 Å². The molecule has 0 unspecified atom stereocenters.